The zero-order valence-electron chi connectivity index (χ0n) is 12.6. The predicted molar refractivity (Wildman–Crippen MR) is 87.8 cm³/mol. The van der Waals surface area contributed by atoms with Crippen molar-refractivity contribution in [3.63, 3.8) is 0 Å². The van der Waals surface area contributed by atoms with Crippen LogP contribution in [0.4, 0.5) is 0 Å². The molecule has 0 aliphatic carbocycles. The van der Waals surface area contributed by atoms with Crippen LogP contribution in [0.25, 0.3) is 0 Å². The molecule has 0 fully saturated rings. The number of carbonyl (C=O) groups is 1. The predicted octanol–water partition coefficient (Wildman–Crippen LogP) is 2.84. The molecule has 1 aromatic rings. The Labute approximate surface area is 127 Å². The Morgan fingerprint density at radius 3 is 2.60 bits per heavy atom. The maximum atomic E-state index is 12.3. The van der Waals surface area contributed by atoms with Gasteiger partial charge in [0.05, 0.1) is 4.99 Å². The van der Waals surface area contributed by atoms with Gasteiger partial charge in [-0.05, 0) is 32.8 Å². The molecule has 0 aliphatic rings. The number of aryl methyl sites for hydroxylation is 2. The molecule has 0 aromatic heterocycles. The van der Waals surface area contributed by atoms with Crippen LogP contribution in [0.3, 0.4) is 0 Å². The quantitative estimate of drug-likeness (QED) is 0.786. The molecule has 110 valence electrons. The fraction of sp³-hybridized carbons (Fsp3) is 0.500. The lowest BCUT2D eigenvalue weighted by Crippen LogP contribution is -2.39. The van der Waals surface area contributed by atoms with Crippen LogP contribution in [0.15, 0.2) is 24.3 Å². The Kier molecular flexibility index (Phi) is 6.65. The lowest BCUT2D eigenvalue weighted by atomic mass is 10.1. The summed E-state index contributed by atoms with van der Waals surface area (Å²) in [6.07, 6.45) is 1.89. The molecule has 0 bridgehead atoms. The maximum Gasteiger partial charge on any atom is 0.223 e. The number of hydrogen-bond donors (Lipinski definition) is 1. The summed E-state index contributed by atoms with van der Waals surface area (Å²) in [6.45, 7) is 6.71. The highest BCUT2D eigenvalue weighted by Gasteiger charge is 2.16. The SMILES string of the molecule is Cc1cccc(CCC(=O)N(CCC(N)=S)C(C)C)c1. The number of thiocarbonyl (C=S) groups is 1. The normalized spacial score (nSPS) is 10.6. The Hall–Kier alpha value is -1.42. The smallest absolute Gasteiger partial charge is 0.223 e. The van der Waals surface area contributed by atoms with Gasteiger partial charge in [0.25, 0.3) is 0 Å². The van der Waals surface area contributed by atoms with E-state index < -0.39 is 0 Å². The van der Waals surface area contributed by atoms with Crippen molar-refractivity contribution in [3.8, 4) is 0 Å². The van der Waals surface area contributed by atoms with Crippen molar-refractivity contribution < 1.29 is 4.79 Å². The summed E-state index contributed by atoms with van der Waals surface area (Å²) in [7, 11) is 0. The summed E-state index contributed by atoms with van der Waals surface area (Å²) >= 11 is 4.88. The van der Waals surface area contributed by atoms with Gasteiger partial charge in [0.1, 0.15) is 0 Å². The number of nitrogens with zero attached hydrogens (tertiary/aromatic N) is 1. The monoisotopic (exact) mass is 292 g/mol. The lowest BCUT2D eigenvalue weighted by molar-refractivity contribution is -0.132. The van der Waals surface area contributed by atoms with Crippen molar-refractivity contribution in [2.24, 2.45) is 5.73 Å². The van der Waals surface area contributed by atoms with E-state index in [2.05, 4.69) is 25.1 Å². The fourth-order valence-electron chi connectivity index (χ4n) is 2.16. The van der Waals surface area contributed by atoms with E-state index in [0.29, 0.717) is 24.4 Å². The number of rotatable bonds is 7. The highest BCUT2D eigenvalue weighted by Crippen LogP contribution is 2.10. The second kappa shape index (κ2) is 8.00. The maximum absolute atomic E-state index is 12.3. The van der Waals surface area contributed by atoms with E-state index >= 15 is 0 Å². The van der Waals surface area contributed by atoms with E-state index in [0.717, 1.165) is 6.42 Å². The molecule has 1 rings (SSSR count). The topological polar surface area (TPSA) is 46.3 Å². The van der Waals surface area contributed by atoms with Crippen molar-refractivity contribution in [1.29, 1.82) is 0 Å². The largest absolute Gasteiger partial charge is 0.393 e. The van der Waals surface area contributed by atoms with Crippen LogP contribution >= 0.6 is 12.2 Å². The van der Waals surface area contributed by atoms with Crippen LogP contribution < -0.4 is 5.73 Å². The van der Waals surface area contributed by atoms with E-state index in [1.54, 1.807) is 0 Å². The number of amides is 1. The molecule has 2 N–H and O–H groups in total. The second-order valence-electron chi connectivity index (χ2n) is 5.39. The molecule has 0 heterocycles. The van der Waals surface area contributed by atoms with E-state index in [-0.39, 0.29) is 11.9 Å². The average molecular weight is 292 g/mol. The molecule has 3 nitrogen and oxygen atoms in total. The minimum absolute atomic E-state index is 0.165. The molecule has 4 heteroatoms. The molecule has 0 saturated heterocycles. The first-order valence-electron chi connectivity index (χ1n) is 7.03. The number of hydrogen-bond acceptors (Lipinski definition) is 2. The van der Waals surface area contributed by atoms with Gasteiger partial charge in [0.2, 0.25) is 5.91 Å². The first kappa shape index (κ1) is 16.6. The van der Waals surface area contributed by atoms with Crippen LogP contribution in [0.5, 0.6) is 0 Å². The van der Waals surface area contributed by atoms with Gasteiger partial charge in [0.15, 0.2) is 0 Å². The van der Waals surface area contributed by atoms with Gasteiger partial charge in [-0.1, -0.05) is 42.0 Å². The summed E-state index contributed by atoms with van der Waals surface area (Å²) in [5.41, 5.74) is 7.95. The lowest BCUT2D eigenvalue weighted by Gasteiger charge is -2.26. The van der Waals surface area contributed by atoms with Crippen LogP contribution in [-0.2, 0) is 11.2 Å². The second-order valence-corrected chi connectivity index (χ2v) is 5.91. The zero-order valence-corrected chi connectivity index (χ0v) is 13.4. The molecule has 0 radical (unpaired) electrons. The Bertz CT molecular complexity index is 471. The van der Waals surface area contributed by atoms with Gasteiger partial charge in [-0.2, -0.15) is 0 Å². The summed E-state index contributed by atoms with van der Waals surface area (Å²) < 4.78 is 0. The van der Waals surface area contributed by atoms with Gasteiger partial charge >= 0.3 is 0 Å². The highest BCUT2D eigenvalue weighted by atomic mass is 32.1. The summed E-state index contributed by atoms with van der Waals surface area (Å²) in [5, 5.41) is 0. The molecule has 0 aliphatic heterocycles. The molecule has 1 amide bonds. The summed E-state index contributed by atoms with van der Waals surface area (Å²) in [5.74, 6) is 0.165. The molecular formula is C16H24N2OS. The minimum Gasteiger partial charge on any atom is -0.393 e. The summed E-state index contributed by atoms with van der Waals surface area (Å²) in [4.78, 5) is 14.6. The van der Waals surface area contributed by atoms with E-state index in [9.17, 15) is 4.79 Å². The molecule has 20 heavy (non-hydrogen) atoms. The first-order valence-corrected chi connectivity index (χ1v) is 7.44. The van der Waals surface area contributed by atoms with E-state index in [4.69, 9.17) is 18.0 Å². The third-order valence-corrected chi connectivity index (χ3v) is 3.46. The van der Waals surface area contributed by atoms with E-state index in [1.807, 2.05) is 24.8 Å². The van der Waals surface area contributed by atoms with Crippen molar-refractivity contribution >= 4 is 23.1 Å². The van der Waals surface area contributed by atoms with Crippen LogP contribution in [0.2, 0.25) is 0 Å². The average Bonchev–Trinajstić information content (AvgIpc) is 2.36. The van der Waals surface area contributed by atoms with Crippen molar-refractivity contribution in [3.05, 3.63) is 35.4 Å². The summed E-state index contributed by atoms with van der Waals surface area (Å²) in [6, 6.07) is 8.46. The van der Waals surface area contributed by atoms with Crippen molar-refractivity contribution in [2.75, 3.05) is 6.54 Å². The Morgan fingerprint density at radius 2 is 2.05 bits per heavy atom. The van der Waals surface area contributed by atoms with E-state index in [1.165, 1.54) is 11.1 Å². The molecular weight excluding hydrogens is 268 g/mol. The van der Waals surface area contributed by atoms with Crippen molar-refractivity contribution in [1.82, 2.24) is 4.90 Å². The number of nitrogens with two attached hydrogens (primary N) is 1. The van der Waals surface area contributed by atoms with Gasteiger partial charge in [-0.15, -0.1) is 0 Å². The molecule has 0 spiro atoms. The third-order valence-electron chi connectivity index (χ3n) is 3.25. The minimum atomic E-state index is 0.165. The Balaban J connectivity index is 2.55. The number of benzene rings is 1. The van der Waals surface area contributed by atoms with Crippen LogP contribution in [-0.4, -0.2) is 28.4 Å². The molecule has 1 aromatic carbocycles. The van der Waals surface area contributed by atoms with Gasteiger partial charge in [-0.25, -0.2) is 0 Å². The fourth-order valence-corrected chi connectivity index (χ4v) is 2.26. The van der Waals surface area contributed by atoms with Crippen molar-refractivity contribution in [2.45, 2.75) is 46.1 Å². The molecule has 0 atom stereocenters. The van der Waals surface area contributed by atoms with Gasteiger partial charge in [-0.3, -0.25) is 4.79 Å². The first-order chi connectivity index (χ1) is 9.40. The highest BCUT2D eigenvalue weighted by molar-refractivity contribution is 7.80. The van der Waals surface area contributed by atoms with Gasteiger partial charge in [0, 0.05) is 25.4 Å². The zero-order chi connectivity index (χ0) is 15.1. The molecule has 0 unspecified atom stereocenters. The number of carbonyl (C=O) groups excluding carboxylic acids is 1. The van der Waals surface area contributed by atoms with Crippen LogP contribution in [0.1, 0.15) is 37.8 Å². The molecule has 0 saturated carbocycles. The standard InChI is InChI=1S/C16H24N2OS/c1-12(2)18(10-9-15(17)20)16(19)8-7-14-6-4-5-13(3)11-14/h4-6,11-12H,7-10H2,1-3H3,(H2,17,20). The Morgan fingerprint density at radius 1 is 1.35 bits per heavy atom. The van der Waals surface area contributed by atoms with Gasteiger partial charge < -0.3 is 10.6 Å². The van der Waals surface area contributed by atoms with Crippen LogP contribution in [0, 0.1) is 6.92 Å². The third kappa shape index (κ3) is 5.70.